The van der Waals surface area contributed by atoms with E-state index in [1.807, 2.05) is 0 Å². The fraction of sp³-hybridized carbons (Fsp3) is 0.647. The van der Waals surface area contributed by atoms with Crippen molar-refractivity contribution in [3.8, 4) is 5.75 Å². The van der Waals surface area contributed by atoms with Crippen molar-refractivity contribution >= 4 is 0 Å². The van der Waals surface area contributed by atoms with E-state index in [1.165, 1.54) is 31.2 Å². The SMILES string of the molecule is CCCOc1ccc(C(NC)C2(C)CCCC2)cc1. The van der Waals surface area contributed by atoms with Crippen molar-refractivity contribution in [2.45, 2.75) is 52.0 Å². The summed E-state index contributed by atoms with van der Waals surface area (Å²) in [4.78, 5) is 0. The van der Waals surface area contributed by atoms with E-state index in [0.29, 0.717) is 11.5 Å². The number of hydrogen-bond donors (Lipinski definition) is 1. The highest BCUT2D eigenvalue weighted by Crippen LogP contribution is 2.47. The maximum absolute atomic E-state index is 5.65. The van der Waals surface area contributed by atoms with Crippen molar-refractivity contribution in [3.05, 3.63) is 29.8 Å². The Labute approximate surface area is 117 Å². The van der Waals surface area contributed by atoms with Crippen LogP contribution in [0.25, 0.3) is 0 Å². The molecule has 1 aliphatic carbocycles. The highest BCUT2D eigenvalue weighted by atomic mass is 16.5. The van der Waals surface area contributed by atoms with Crippen LogP contribution in [-0.2, 0) is 0 Å². The molecule has 1 aromatic carbocycles. The standard InChI is InChI=1S/C17H27NO/c1-4-13-19-15-9-7-14(8-10-15)16(18-3)17(2)11-5-6-12-17/h7-10,16,18H,4-6,11-13H2,1-3H3. The minimum Gasteiger partial charge on any atom is -0.494 e. The molecular weight excluding hydrogens is 234 g/mol. The fourth-order valence-corrected chi connectivity index (χ4v) is 3.37. The molecule has 1 aliphatic rings. The van der Waals surface area contributed by atoms with Gasteiger partial charge in [-0.25, -0.2) is 0 Å². The fourth-order valence-electron chi connectivity index (χ4n) is 3.37. The number of hydrogen-bond acceptors (Lipinski definition) is 2. The number of rotatable bonds is 6. The zero-order valence-electron chi connectivity index (χ0n) is 12.5. The first-order valence-corrected chi connectivity index (χ1v) is 7.59. The first-order valence-electron chi connectivity index (χ1n) is 7.59. The lowest BCUT2D eigenvalue weighted by molar-refractivity contribution is 0.233. The number of nitrogens with one attached hydrogen (secondary N) is 1. The van der Waals surface area contributed by atoms with Crippen LogP contribution in [0.2, 0.25) is 0 Å². The molecule has 0 bridgehead atoms. The van der Waals surface area contributed by atoms with Crippen LogP contribution < -0.4 is 10.1 Å². The molecule has 0 radical (unpaired) electrons. The minimum absolute atomic E-state index is 0.403. The lowest BCUT2D eigenvalue weighted by atomic mass is 9.77. The van der Waals surface area contributed by atoms with E-state index in [4.69, 9.17) is 4.74 Å². The zero-order chi connectivity index (χ0) is 13.7. The lowest BCUT2D eigenvalue weighted by Gasteiger charge is -2.34. The Morgan fingerprint density at radius 2 is 1.84 bits per heavy atom. The molecule has 2 nitrogen and oxygen atoms in total. The van der Waals surface area contributed by atoms with Crippen LogP contribution in [0, 0.1) is 5.41 Å². The summed E-state index contributed by atoms with van der Waals surface area (Å²) in [7, 11) is 2.08. The Morgan fingerprint density at radius 3 is 2.37 bits per heavy atom. The van der Waals surface area contributed by atoms with Gasteiger partial charge in [-0.05, 0) is 49.4 Å². The summed E-state index contributed by atoms with van der Waals surface area (Å²) in [5, 5.41) is 3.52. The third-order valence-electron chi connectivity index (χ3n) is 4.42. The second-order valence-electron chi connectivity index (χ2n) is 6.00. The largest absolute Gasteiger partial charge is 0.494 e. The Kier molecular flexibility index (Phi) is 4.87. The highest BCUT2D eigenvalue weighted by Gasteiger charge is 2.36. The molecule has 1 aromatic rings. The van der Waals surface area contributed by atoms with Crippen molar-refractivity contribution < 1.29 is 4.74 Å². The van der Waals surface area contributed by atoms with Gasteiger partial charge in [0.2, 0.25) is 0 Å². The molecule has 1 saturated carbocycles. The second-order valence-corrected chi connectivity index (χ2v) is 6.00. The monoisotopic (exact) mass is 261 g/mol. The normalized spacial score (nSPS) is 19.3. The Hall–Kier alpha value is -1.02. The van der Waals surface area contributed by atoms with E-state index >= 15 is 0 Å². The van der Waals surface area contributed by atoms with E-state index in [2.05, 4.69) is 50.5 Å². The Bertz CT molecular complexity index is 379. The lowest BCUT2D eigenvalue weighted by Crippen LogP contribution is -2.32. The summed E-state index contributed by atoms with van der Waals surface area (Å²) in [5.41, 5.74) is 1.79. The summed E-state index contributed by atoms with van der Waals surface area (Å²) < 4.78 is 5.65. The van der Waals surface area contributed by atoms with Crippen molar-refractivity contribution in [2.24, 2.45) is 5.41 Å². The first kappa shape index (κ1) is 14.4. The van der Waals surface area contributed by atoms with Crippen LogP contribution in [-0.4, -0.2) is 13.7 Å². The summed E-state index contributed by atoms with van der Waals surface area (Å²) >= 11 is 0. The van der Waals surface area contributed by atoms with Gasteiger partial charge in [0.1, 0.15) is 5.75 Å². The molecule has 1 unspecified atom stereocenters. The minimum atomic E-state index is 0.403. The van der Waals surface area contributed by atoms with Gasteiger partial charge < -0.3 is 10.1 Å². The average Bonchev–Trinajstić information content (AvgIpc) is 2.86. The van der Waals surface area contributed by atoms with E-state index in [0.717, 1.165) is 18.8 Å². The molecule has 1 N–H and O–H groups in total. The Balaban J connectivity index is 2.10. The smallest absolute Gasteiger partial charge is 0.119 e. The maximum Gasteiger partial charge on any atom is 0.119 e. The molecular formula is C17H27NO. The van der Waals surface area contributed by atoms with Crippen LogP contribution in [0.15, 0.2) is 24.3 Å². The molecule has 1 atom stereocenters. The molecule has 0 saturated heterocycles. The van der Waals surface area contributed by atoms with Gasteiger partial charge in [-0.3, -0.25) is 0 Å². The van der Waals surface area contributed by atoms with Crippen molar-refractivity contribution in [1.29, 1.82) is 0 Å². The topological polar surface area (TPSA) is 21.3 Å². The van der Waals surface area contributed by atoms with Gasteiger partial charge in [0, 0.05) is 6.04 Å². The molecule has 0 spiro atoms. The highest BCUT2D eigenvalue weighted by molar-refractivity contribution is 5.30. The molecule has 0 aromatic heterocycles. The number of ether oxygens (including phenoxy) is 1. The summed E-state index contributed by atoms with van der Waals surface area (Å²) in [6, 6.07) is 9.10. The van der Waals surface area contributed by atoms with Gasteiger partial charge in [0.15, 0.2) is 0 Å². The maximum atomic E-state index is 5.65. The van der Waals surface area contributed by atoms with E-state index in [-0.39, 0.29) is 0 Å². The van der Waals surface area contributed by atoms with E-state index < -0.39 is 0 Å². The first-order chi connectivity index (χ1) is 9.19. The third kappa shape index (κ3) is 3.30. The predicted molar refractivity (Wildman–Crippen MR) is 80.6 cm³/mol. The molecule has 2 heteroatoms. The van der Waals surface area contributed by atoms with Crippen molar-refractivity contribution in [1.82, 2.24) is 5.32 Å². The second kappa shape index (κ2) is 6.42. The van der Waals surface area contributed by atoms with Gasteiger partial charge in [-0.2, -0.15) is 0 Å². The van der Waals surface area contributed by atoms with Crippen LogP contribution in [0.3, 0.4) is 0 Å². The van der Waals surface area contributed by atoms with Gasteiger partial charge in [0.05, 0.1) is 6.61 Å². The van der Waals surface area contributed by atoms with Crippen LogP contribution in [0.5, 0.6) is 5.75 Å². The molecule has 1 fully saturated rings. The number of benzene rings is 1. The van der Waals surface area contributed by atoms with Gasteiger partial charge in [0.25, 0.3) is 0 Å². The molecule has 19 heavy (non-hydrogen) atoms. The predicted octanol–water partition coefficient (Wildman–Crippen LogP) is 4.32. The zero-order valence-corrected chi connectivity index (χ0v) is 12.5. The van der Waals surface area contributed by atoms with Crippen LogP contribution in [0.4, 0.5) is 0 Å². The molecule has 0 aliphatic heterocycles. The van der Waals surface area contributed by atoms with Crippen molar-refractivity contribution in [2.75, 3.05) is 13.7 Å². The quantitative estimate of drug-likeness (QED) is 0.823. The summed E-state index contributed by atoms with van der Waals surface area (Å²) in [6.45, 7) is 5.35. The van der Waals surface area contributed by atoms with Gasteiger partial charge in [-0.1, -0.05) is 38.8 Å². The third-order valence-corrected chi connectivity index (χ3v) is 4.42. The summed E-state index contributed by atoms with van der Waals surface area (Å²) in [6.07, 6.45) is 6.44. The summed E-state index contributed by atoms with van der Waals surface area (Å²) in [5.74, 6) is 0.983. The van der Waals surface area contributed by atoms with Gasteiger partial charge in [-0.15, -0.1) is 0 Å². The molecule has 0 amide bonds. The Morgan fingerprint density at radius 1 is 1.21 bits per heavy atom. The molecule has 2 rings (SSSR count). The van der Waals surface area contributed by atoms with Crippen LogP contribution in [0.1, 0.15) is 57.6 Å². The average molecular weight is 261 g/mol. The molecule has 106 valence electrons. The van der Waals surface area contributed by atoms with Gasteiger partial charge >= 0.3 is 0 Å². The van der Waals surface area contributed by atoms with E-state index in [1.54, 1.807) is 0 Å². The van der Waals surface area contributed by atoms with E-state index in [9.17, 15) is 0 Å². The van der Waals surface area contributed by atoms with Crippen LogP contribution >= 0.6 is 0 Å². The molecule has 0 heterocycles. The van der Waals surface area contributed by atoms with Crippen molar-refractivity contribution in [3.63, 3.8) is 0 Å².